The van der Waals surface area contributed by atoms with Gasteiger partial charge in [-0.05, 0) is 24.6 Å². The smallest absolute Gasteiger partial charge is 0.243 e. The number of hydrogen-bond acceptors (Lipinski definition) is 4. The largest absolute Gasteiger partial charge is 0.395 e. The third kappa shape index (κ3) is 4.37. The molecule has 2 aromatic carbocycles. The number of rotatable bonds is 9. The summed E-state index contributed by atoms with van der Waals surface area (Å²) in [5.41, 5.74) is 2.33. The normalized spacial score (nSPS) is 12.1. The Kier molecular flexibility index (Phi) is 6.26. The summed E-state index contributed by atoms with van der Waals surface area (Å²) < 4.78 is 27.4. The lowest BCUT2D eigenvalue weighted by Crippen LogP contribution is -2.34. The van der Waals surface area contributed by atoms with E-state index < -0.39 is 10.0 Å². The topological polar surface area (TPSA) is 86.3 Å². The van der Waals surface area contributed by atoms with Crippen molar-refractivity contribution in [2.24, 2.45) is 0 Å². The Bertz CT molecular complexity index is 984. The first-order valence-corrected chi connectivity index (χ1v) is 10.7. The van der Waals surface area contributed by atoms with E-state index in [2.05, 4.69) is 16.9 Å². The van der Waals surface area contributed by atoms with Gasteiger partial charge < -0.3 is 10.1 Å². The molecule has 7 heteroatoms. The molecule has 0 unspecified atom stereocenters. The molecule has 1 heterocycles. The van der Waals surface area contributed by atoms with Crippen LogP contribution < -0.4 is 0 Å². The highest BCUT2D eigenvalue weighted by atomic mass is 32.2. The number of aromatic nitrogens is 2. The maximum absolute atomic E-state index is 13.0. The number of hydrogen-bond donors (Lipinski definition) is 2. The molecule has 0 aliphatic heterocycles. The second kappa shape index (κ2) is 8.65. The standard InChI is InChI=1S/C20H25N3O3S/c1-2-3-7-12-23(13-14-24)27(25,26)17-10-11-18-19(15-17)22-20(21-18)16-8-5-4-6-9-16/h4-6,8-11,15,24H,2-3,7,12-14H2,1H3,(H,21,22). The van der Waals surface area contributed by atoms with Crippen LogP contribution in [0.1, 0.15) is 26.2 Å². The summed E-state index contributed by atoms with van der Waals surface area (Å²) in [4.78, 5) is 7.96. The van der Waals surface area contributed by atoms with Crippen LogP contribution in [0, 0.1) is 0 Å². The zero-order valence-electron chi connectivity index (χ0n) is 15.4. The highest BCUT2D eigenvalue weighted by Gasteiger charge is 2.24. The van der Waals surface area contributed by atoms with Crippen LogP contribution in [0.25, 0.3) is 22.4 Å². The van der Waals surface area contributed by atoms with Crippen LogP contribution >= 0.6 is 0 Å². The Morgan fingerprint density at radius 3 is 2.56 bits per heavy atom. The SMILES string of the molecule is CCCCCN(CCO)S(=O)(=O)c1ccc2nc(-c3ccccc3)[nH]c2c1. The number of H-pyrrole nitrogens is 1. The molecule has 0 bridgehead atoms. The van der Waals surface area contributed by atoms with Crippen LogP contribution in [0.15, 0.2) is 53.4 Å². The molecule has 0 saturated heterocycles. The van der Waals surface area contributed by atoms with Crippen molar-refractivity contribution in [3.8, 4) is 11.4 Å². The summed E-state index contributed by atoms with van der Waals surface area (Å²) in [5, 5.41) is 9.28. The summed E-state index contributed by atoms with van der Waals surface area (Å²) in [6, 6.07) is 14.6. The number of fused-ring (bicyclic) bond motifs is 1. The number of nitrogens with one attached hydrogen (secondary N) is 1. The highest BCUT2D eigenvalue weighted by Crippen LogP contribution is 2.24. The van der Waals surface area contributed by atoms with E-state index in [0.717, 1.165) is 24.8 Å². The molecule has 1 aromatic heterocycles. The fourth-order valence-corrected chi connectivity index (χ4v) is 4.53. The van der Waals surface area contributed by atoms with Crippen LogP contribution in [-0.4, -0.2) is 47.5 Å². The van der Waals surface area contributed by atoms with E-state index in [9.17, 15) is 13.5 Å². The fourth-order valence-electron chi connectivity index (χ4n) is 3.03. The molecule has 0 atom stereocenters. The van der Waals surface area contributed by atoms with Crippen LogP contribution in [0.5, 0.6) is 0 Å². The predicted molar refractivity (Wildman–Crippen MR) is 107 cm³/mol. The van der Waals surface area contributed by atoms with E-state index in [-0.39, 0.29) is 18.0 Å². The minimum atomic E-state index is -3.66. The molecular formula is C20H25N3O3S. The summed E-state index contributed by atoms with van der Waals surface area (Å²) in [6.07, 6.45) is 2.74. The molecule has 3 rings (SSSR count). The molecule has 144 valence electrons. The zero-order chi connectivity index (χ0) is 19.3. The van der Waals surface area contributed by atoms with Crippen molar-refractivity contribution in [3.63, 3.8) is 0 Å². The molecular weight excluding hydrogens is 362 g/mol. The first-order chi connectivity index (χ1) is 13.1. The van der Waals surface area contributed by atoms with Gasteiger partial charge in [-0.2, -0.15) is 4.31 Å². The van der Waals surface area contributed by atoms with Gasteiger partial charge in [0.1, 0.15) is 5.82 Å². The van der Waals surface area contributed by atoms with E-state index in [1.54, 1.807) is 18.2 Å². The quantitative estimate of drug-likeness (QED) is 0.551. The Labute approximate surface area is 159 Å². The van der Waals surface area contributed by atoms with E-state index >= 15 is 0 Å². The number of nitrogens with zero attached hydrogens (tertiary/aromatic N) is 2. The molecule has 0 saturated carbocycles. The van der Waals surface area contributed by atoms with E-state index in [1.165, 1.54) is 4.31 Å². The minimum absolute atomic E-state index is 0.0995. The van der Waals surface area contributed by atoms with Crippen LogP contribution in [-0.2, 0) is 10.0 Å². The van der Waals surface area contributed by atoms with Crippen LogP contribution in [0.3, 0.4) is 0 Å². The van der Waals surface area contributed by atoms with Gasteiger partial charge in [-0.3, -0.25) is 0 Å². The Morgan fingerprint density at radius 2 is 1.85 bits per heavy atom. The van der Waals surface area contributed by atoms with Gasteiger partial charge in [-0.1, -0.05) is 50.1 Å². The van der Waals surface area contributed by atoms with Gasteiger partial charge in [-0.25, -0.2) is 13.4 Å². The second-order valence-corrected chi connectivity index (χ2v) is 8.40. The van der Waals surface area contributed by atoms with Crippen LogP contribution in [0.4, 0.5) is 0 Å². The molecule has 0 fully saturated rings. The van der Waals surface area contributed by atoms with Gasteiger partial charge in [0.2, 0.25) is 10.0 Å². The third-order valence-corrected chi connectivity index (χ3v) is 6.39. The zero-order valence-corrected chi connectivity index (χ0v) is 16.2. The Balaban J connectivity index is 1.92. The third-order valence-electron chi connectivity index (χ3n) is 4.50. The highest BCUT2D eigenvalue weighted by molar-refractivity contribution is 7.89. The number of imidazole rings is 1. The van der Waals surface area contributed by atoms with Crippen molar-refractivity contribution in [1.29, 1.82) is 0 Å². The van der Waals surface area contributed by atoms with Gasteiger partial charge in [0, 0.05) is 18.7 Å². The lowest BCUT2D eigenvalue weighted by atomic mass is 10.2. The minimum Gasteiger partial charge on any atom is -0.395 e. The van der Waals surface area contributed by atoms with Gasteiger partial charge in [0.15, 0.2) is 0 Å². The number of sulfonamides is 1. The number of aliphatic hydroxyl groups excluding tert-OH is 1. The van der Waals surface area contributed by atoms with E-state index in [1.807, 2.05) is 30.3 Å². The van der Waals surface area contributed by atoms with Crippen molar-refractivity contribution in [2.45, 2.75) is 31.1 Å². The molecule has 3 aromatic rings. The van der Waals surface area contributed by atoms with Gasteiger partial charge in [0.05, 0.1) is 22.5 Å². The van der Waals surface area contributed by atoms with Gasteiger partial charge >= 0.3 is 0 Å². The van der Waals surface area contributed by atoms with E-state index in [4.69, 9.17) is 0 Å². The predicted octanol–water partition coefficient (Wildman–Crippen LogP) is 3.40. The average Bonchev–Trinajstić information content (AvgIpc) is 3.11. The first-order valence-electron chi connectivity index (χ1n) is 9.22. The van der Waals surface area contributed by atoms with Crippen molar-refractivity contribution < 1.29 is 13.5 Å². The van der Waals surface area contributed by atoms with Crippen molar-refractivity contribution >= 4 is 21.1 Å². The lowest BCUT2D eigenvalue weighted by Gasteiger charge is -2.21. The average molecular weight is 388 g/mol. The fraction of sp³-hybridized carbons (Fsp3) is 0.350. The molecule has 2 N–H and O–H groups in total. The summed E-state index contributed by atoms with van der Waals surface area (Å²) in [6.45, 7) is 2.38. The van der Waals surface area contributed by atoms with Gasteiger partial charge in [0.25, 0.3) is 0 Å². The maximum Gasteiger partial charge on any atom is 0.243 e. The van der Waals surface area contributed by atoms with Gasteiger partial charge in [-0.15, -0.1) is 0 Å². The Hall–Kier alpha value is -2.22. The monoisotopic (exact) mass is 387 g/mol. The van der Waals surface area contributed by atoms with E-state index in [0.29, 0.717) is 23.4 Å². The summed E-state index contributed by atoms with van der Waals surface area (Å²) in [5.74, 6) is 0.704. The molecule has 0 amide bonds. The second-order valence-electron chi connectivity index (χ2n) is 6.47. The molecule has 0 radical (unpaired) electrons. The number of unbranched alkanes of at least 4 members (excludes halogenated alkanes) is 2. The maximum atomic E-state index is 13.0. The van der Waals surface area contributed by atoms with Crippen molar-refractivity contribution in [3.05, 3.63) is 48.5 Å². The molecule has 0 spiro atoms. The van der Waals surface area contributed by atoms with Crippen molar-refractivity contribution in [2.75, 3.05) is 19.7 Å². The summed E-state index contributed by atoms with van der Waals surface area (Å²) in [7, 11) is -3.66. The van der Waals surface area contributed by atoms with Crippen LogP contribution in [0.2, 0.25) is 0 Å². The number of aliphatic hydroxyl groups is 1. The first kappa shape index (κ1) is 19.5. The molecule has 27 heavy (non-hydrogen) atoms. The molecule has 0 aliphatic rings. The Morgan fingerprint density at radius 1 is 1.07 bits per heavy atom. The van der Waals surface area contributed by atoms with Crippen molar-refractivity contribution in [1.82, 2.24) is 14.3 Å². The summed E-state index contributed by atoms with van der Waals surface area (Å²) >= 11 is 0. The molecule has 6 nitrogen and oxygen atoms in total. The lowest BCUT2D eigenvalue weighted by molar-refractivity contribution is 0.252. The number of aromatic amines is 1. The molecule has 0 aliphatic carbocycles. The number of benzene rings is 2.